The number of halogens is 4. The van der Waals surface area contributed by atoms with Crippen molar-refractivity contribution >= 4 is 29.3 Å². The van der Waals surface area contributed by atoms with Crippen LogP contribution >= 0.6 is 11.6 Å². The zero-order valence-corrected chi connectivity index (χ0v) is 13.1. The second kappa shape index (κ2) is 6.05. The Balaban J connectivity index is 2.04. The highest BCUT2D eigenvalue weighted by molar-refractivity contribution is 6.33. The van der Waals surface area contributed by atoms with E-state index < -0.39 is 23.8 Å². The first kappa shape index (κ1) is 16.7. The predicted octanol–water partition coefficient (Wildman–Crippen LogP) is 3.90. The maximum Gasteiger partial charge on any atom is 0.430 e. The van der Waals surface area contributed by atoms with Crippen LogP contribution in [-0.2, 0) is 4.79 Å². The van der Waals surface area contributed by atoms with Gasteiger partial charge in [-0.1, -0.05) is 23.8 Å². The molecule has 2 aliphatic heterocycles. The van der Waals surface area contributed by atoms with Gasteiger partial charge >= 0.3 is 12.1 Å². The van der Waals surface area contributed by atoms with Crippen molar-refractivity contribution in [3.63, 3.8) is 0 Å². The van der Waals surface area contributed by atoms with Gasteiger partial charge in [0.15, 0.2) is 0 Å². The molecule has 0 radical (unpaired) electrons. The van der Waals surface area contributed by atoms with E-state index in [1.165, 1.54) is 12.1 Å². The molecule has 3 rings (SSSR count). The number of fused-ring (bicyclic) bond motifs is 1. The smallest absolute Gasteiger partial charge is 0.430 e. The second-order valence-electron chi connectivity index (χ2n) is 5.49. The molecule has 0 aromatic heterocycles. The van der Waals surface area contributed by atoms with E-state index in [-0.39, 0.29) is 11.3 Å². The Labute approximate surface area is 140 Å². The molecule has 24 heavy (non-hydrogen) atoms. The summed E-state index contributed by atoms with van der Waals surface area (Å²) in [6.07, 6.45) is -1.59. The summed E-state index contributed by atoms with van der Waals surface area (Å²) in [5.74, 6) is -1.71. The number of carbonyl (C=O) groups is 1. The molecule has 2 heterocycles. The van der Waals surface area contributed by atoms with Gasteiger partial charge in [0.25, 0.3) is 0 Å². The molecule has 0 aliphatic carbocycles. The van der Waals surface area contributed by atoms with E-state index in [0.29, 0.717) is 23.8 Å². The van der Waals surface area contributed by atoms with Gasteiger partial charge in [0.1, 0.15) is 5.75 Å². The Morgan fingerprint density at radius 2 is 2.08 bits per heavy atom. The van der Waals surface area contributed by atoms with E-state index in [1.807, 2.05) is 17.1 Å². The van der Waals surface area contributed by atoms with Crippen LogP contribution in [0.2, 0.25) is 5.02 Å². The molecule has 8 heteroatoms. The SMILES string of the molecule is O=C(O)C1=Cc2cc(Cl)c(N3CC=CCC3)cc2OC1C(F)(F)F. The molecule has 1 aromatic carbocycles. The Morgan fingerprint density at radius 3 is 2.67 bits per heavy atom. The summed E-state index contributed by atoms with van der Waals surface area (Å²) in [6, 6.07) is 2.87. The number of carboxylic acid groups (broad SMARTS) is 1. The molecule has 0 bridgehead atoms. The largest absolute Gasteiger partial charge is 0.478 e. The Morgan fingerprint density at radius 1 is 1.33 bits per heavy atom. The summed E-state index contributed by atoms with van der Waals surface area (Å²) in [6.45, 7) is 1.28. The first-order valence-corrected chi connectivity index (χ1v) is 7.57. The summed E-state index contributed by atoms with van der Waals surface area (Å²) in [5.41, 5.74) is -0.0817. The maximum absolute atomic E-state index is 13.1. The quantitative estimate of drug-likeness (QED) is 0.814. The van der Waals surface area contributed by atoms with Gasteiger partial charge in [-0.25, -0.2) is 4.79 Å². The molecule has 1 unspecified atom stereocenters. The van der Waals surface area contributed by atoms with Gasteiger partial charge in [-0.2, -0.15) is 13.2 Å². The van der Waals surface area contributed by atoms with Crippen molar-refractivity contribution in [2.75, 3.05) is 18.0 Å². The number of aliphatic carboxylic acids is 1. The van der Waals surface area contributed by atoms with E-state index in [9.17, 15) is 18.0 Å². The van der Waals surface area contributed by atoms with Crippen molar-refractivity contribution in [1.29, 1.82) is 0 Å². The molecule has 1 N–H and O–H groups in total. The third-order valence-corrected chi connectivity index (χ3v) is 4.16. The van der Waals surface area contributed by atoms with E-state index in [4.69, 9.17) is 21.4 Å². The van der Waals surface area contributed by atoms with Crippen molar-refractivity contribution in [2.45, 2.75) is 18.7 Å². The number of hydrogen-bond donors (Lipinski definition) is 1. The summed E-state index contributed by atoms with van der Waals surface area (Å²) in [7, 11) is 0. The van der Waals surface area contributed by atoms with Crippen molar-refractivity contribution < 1.29 is 27.8 Å². The maximum atomic E-state index is 13.1. The molecule has 0 amide bonds. The van der Waals surface area contributed by atoms with Gasteiger partial charge in [-0.15, -0.1) is 0 Å². The van der Waals surface area contributed by atoms with Crippen molar-refractivity contribution in [3.05, 3.63) is 40.4 Å². The monoisotopic (exact) mass is 359 g/mol. The van der Waals surface area contributed by atoms with E-state index >= 15 is 0 Å². The van der Waals surface area contributed by atoms with Crippen LogP contribution in [0, 0.1) is 0 Å². The first-order valence-electron chi connectivity index (χ1n) is 7.19. The first-order chi connectivity index (χ1) is 11.3. The number of anilines is 1. The lowest BCUT2D eigenvalue weighted by Crippen LogP contribution is -2.40. The molecule has 0 saturated heterocycles. The third kappa shape index (κ3) is 3.08. The number of nitrogens with zero attached hydrogens (tertiary/aromatic N) is 1. The third-order valence-electron chi connectivity index (χ3n) is 3.86. The Bertz CT molecular complexity index is 743. The minimum Gasteiger partial charge on any atom is -0.478 e. The van der Waals surface area contributed by atoms with Crippen LogP contribution in [0.25, 0.3) is 6.08 Å². The average Bonchev–Trinajstić information content (AvgIpc) is 2.53. The molecule has 0 saturated carbocycles. The molecule has 0 fully saturated rings. The predicted molar refractivity (Wildman–Crippen MR) is 83.5 cm³/mol. The van der Waals surface area contributed by atoms with Gasteiger partial charge in [0.2, 0.25) is 6.10 Å². The van der Waals surface area contributed by atoms with Gasteiger partial charge in [-0.3, -0.25) is 0 Å². The zero-order valence-electron chi connectivity index (χ0n) is 12.3. The minimum absolute atomic E-state index is 0.0312. The van der Waals surface area contributed by atoms with Crippen LogP contribution in [-0.4, -0.2) is 36.4 Å². The highest BCUT2D eigenvalue weighted by Crippen LogP contribution is 2.41. The number of ether oxygens (including phenoxy) is 1. The summed E-state index contributed by atoms with van der Waals surface area (Å²) in [5, 5.41) is 9.36. The normalized spacial score (nSPS) is 20.2. The number of alkyl halides is 3. The van der Waals surface area contributed by atoms with Crippen LogP contribution in [0.1, 0.15) is 12.0 Å². The number of hydrogen-bond acceptors (Lipinski definition) is 3. The van der Waals surface area contributed by atoms with E-state index in [1.54, 1.807) is 0 Å². The summed E-state index contributed by atoms with van der Waals surface area (Å²) >= 11 is 6.23. The minimum atomic E-state index is -4.82. The molecule has 128 valence electrons. The second-order valence-corrected chi connectivity index (χ2v) is 5.90. The van der Waals surface area contributed by atoms with Crippen LogP contribution in [0.15, 0.2) is 29.9 Å². The highest BCUT2D eigenvalue weighted by Gasteiger charge is 2.48. The van der Waals surface area contributed by atoms with Crippen molar-refractivity contribution in [3.8, 4) is 5.75 Å². The number of rotatable bonds is 2. The van der Waals surface area contributed by atoms with Crippen LogP contribution in [0.3, 0.4) is 0 Å². The topological polar surface area (TPSA) is 49.8 Å². The summed E-state index contributed by atoms with van der Waals surface area (Å²) in [4.78, 5) is 13.0. The molecule has 1 aromatic rings. The number of benzene rings is 1. The fourth-order valence-corrected chi connectivity index (χ4v) is 3.02. The lowest BCUT2D eigenvalue weighted by atomic mass is 10.0. The Hall–Kier alpha value is -2.15. The molecule has 2 aliphatic rings. The van der Waals surface area contributed by atoms with Gasteiger partial charge in [-0.05, 0) is 18.6 Å². The van der Waals surface area contributed by atoms with E-state index in [0.717, 1.165) is 12.5 Å². The van der Waals surface area contributed by atoms with Gasteiger partial charge in [0.05, 0.1) is 16.3 Å². The Kier molecular flexibility index (Phi) is 4.21. The van der Waals surface area contributed by atoms with Gasteiger partial charge < -0.3 is 14.7 Å². The lowest BCUT2D eigenvalue weighted by molar-refractivity contribution is -0.187. The average molecular weight is 360 g/mol. The van der Waals surface area contributed by atoms with Crippen LogP contribution in [0.5, 0.6) is 5.75 Å². The molecule has 0 spiro atoms. The lowest BCUT2D eigenvalue weighted by Gasteiger charge is -2.30. The fourth-order valence-electron chi connectivity index (χ4n) is 2.73. The zero-order chi connectivity index (χ0) is 17.5. The number of carboxylic acids is 1. The van der Waals surface area contributed by atoms with Crippen molar-refractivity contribution in [1.82, 2.24) is 0 Å². The molecular weight excluding hydrogens is 347 g/mol. The van der Waals surface area contributed by atoms with E-state index in [2.05, 4.69) is 0 Å². The van der Waals surface area contributed by atoms with Crippen LogP contribution in [0.4, 0.5) is 18.9 Å². The van der Waals surface area contributed by atoms with Gasteiger partial charge in [0, 0.05) is 24.7 Å². The standard InChI is InChI=1S/C16H13ClF3NO3/c17-11-7-9-6-10(15(22)23)14(16(18,19)20)24-13(9)8-12(11)21-4-2-1-3-5-21/h1-2,6-8,14H,3-5H2,(H,22,23). The fraction of sp³-hybridized carbons (Fsp3) is 0.312. The molecular formula is C16H13ClF3NO3. The summed E-state index contributed by atoms with van der Waals surface area (Å²) < 4.78 is 44.3. The molecule has 1 atom stereocenters. The molecule has 4 nitrogen and oxygen atoms in total. The highest BCUT2D eigenvalue weighted by atomic mass is 35.5. The van der Waals surface area contributed by atoms with Crippen molar-refractivity contribution in [2.24, 2.45) is 0 Å². The van der Waals surface area contributed by atoms with Crippen LogP contribution < -0.4 is 9.64 Å².